The van der Waals surface area contributed by atoms with Crippen LogP contribution in [-0.4, -0.2) is 64.4 Å². The highest BCUT2D eigenvalue weighted by Gasteiger charge is 2.34. The summed E-state index contributed by atoms with van der Waals surface area (Å²) in [6, 6.07) is 13.8. The first-order valence-electron chi connectivity index (χ1n) is 11.0. The van der Waals surface area contributed by atoms with Gasteiger partial charge in [0.25, 0.3) is 11.8 Å². The summed E-state index contributed by atoms with van der Waals surface area (Å²) in [7, 11) is 0. The highest BCUT2D eigenvalue weighted by Crippen LogP contribution is 2.34. The molecule has 0 bridgehead atoms. The lowest BCUT2D eigenvalue weighted by molar-refractivity contribution is -0.138. The molecule has 3 N–H and O–H groups in total. The zero-order chi connectivity index (χ0) is 25.7. The number of para-hydroxylation sites is 1. The van der Waals surface area contributed by atoms with E-state index in [4.69, 9.17) is 5.11 Å². The molecule has 0 fully saturated rings. The summed E-state index contributed by atoms with van der Waals surface area (Å²) in [6.07, 6.45) is 1.28. The number of aromatic nitrogens is 1. The second kappa shape index (κ2) is 11.0. The van der Waals surface area contributed by atoms with Crippen LogP contribution in [0.15, 0.2) is 65.7 Å². The number of fused-ring (bicyclic) bond motifs is 2. The minimum absolute atomic E-state index is 0.180. The summed E-state index contributed by atoms with van der Waals surface area (Å²) in [5.74, 6) is -2.77. The molecule has 11 heteroatoms. The summed E-state index contributed by atoms with van der Waals surface area (Å²) in [4.78, 5) is 67.6. The van der Waals surface area contributed by atoms with Crippen molar-refractivity contribution in [2.75, 3.05) is 17.2 Å². The Hall–Kier alpha value is -4.25. The number of nitrogens with zero attached hydrogens (tertiary/aromatic N) is 2. The summed E-state index contributed by atoms with van der Waals surface area (Å²) >= 11 is 1.36. The Bertz CT molecular complexity index is 1340. The first kappa shape index (κ1) is 24.9. The fourth-order valence-electron chi connectivity index (χ4n) is 3.86. The summed E-state index contributed by atoms with van der Waals surface area (Å²) in [6.45, 7) is -0.459. The van der Waals surface area contributed by atoms with E-state index in [0.29, 0.717) is 17.4 Å². The Kier molecular flexibility index (Phi) is 7.59. The molecule has 0 spiro atoms. The molecule has 2 heterocycles. The van der Waals surface area contributed by atoms with Gasteiger partial charge in [-0.3, -0.25) is 24.2 Å². The molecule has 1 aliphatic rings. The first-order chi connectivity index (χ1) is 17.4. The van der Waals surface area contributed by atoms with E-state index in [1.165, 1.54) is 22.9 Å². The van der Waals surface area contributed by atoms with E-state index in [1.807, 2.05) is 12.1 Å². The molecule has 4 rings (SSSR count). The van der Waals surface area contributed by atoms with E-state index in [0.717, 1.165) is 10.3 Å². The van der Waals surface area contributed by atoms with Crippen molar-refractivity contribution in [3.8, 4) is 0 Å². The molecule has 10 nitrogen and oxygen atoms in total. The third kappa shape index (κ3) is 5.52. The van der Waals surface area contributed by atoms with Crippen molar-refractivity contribution >= 4 is 58.2 Å². The second-order valence-corrected chi connectivity index (χ2v) is 9.08. The Balaban J connectivity index is 1.57. The van der Waals surface area contributed by atoms with Gasteiger partial charge in [-0.2, -0.15) is 0 Å². The van der Waals surface area contributed by atoms with Gasteiger partial charge in [0.2, 0.25) is 5.91 Å². The number of rotatable bonds is 8. The number of thioether (sulfide) groups is 1. The normalized spacial score (nSPS) is 15.9. The van der Waals surface area contributed by atoms with Crippen LogP contribution in [0.4, 0.5) is 5.69 Å². The molecule has 0 saturated carbocycles. The standard InChI is InChI=1S/C25H22N4O6S/c30-13-16(11-22(32)33)27-21(31)12-29-19-7-3-4-8-20(19)36-14-18(25(29)35)28-24(34)23-17-6-2-1-5-15(17)9-10-26-23/h1-10,13,16,18H,11-12,14H2,(H,27,31)(H,28,34)(H,32,33)/t16-,18-/m0/s1. The molecule has 184 valence electrons. The van der Waals surface area contributed by atoms with Crippen LogP contribution in [0.25, 0.3) is 10.8 Å². The molecule has 3 amide bonds. The highest BCUT2D eigenvalue weighted by molar-refractivity contribution is 7.99. The van der Waals surface area contributed by atoms with Crippen molar-refractivity contribution in [2.24, 2.45) is 0 Å². The number of pyridine rings is 1. The molecule has 2 atom stereocenters. The van der Waals surface area contributed by atoms with Crippen molar-refractivity contribution in [1.29, 1.82) is 0 Å². The van der Waals surface area contributed by atoms with Crippen LogP contribution < -0.4 is 15.5 Å². The van der Waals surface area contributed by atoms with Gasteiger partial charge in [-0.15, -0.1) is 11.8 Å². The first-order valence-corrected chi connectivity index (χ1v) is 12.0. The van der Waals surface area contributed by atoms with Crippen LogP contribution in [0, 0.1) is 0 Å². The van der Waals surface area contributed by atoms with Crippen LogP contribution in [0.2, 0.25) is 0 Å². The van der Waals surface area contributed by atoms with Crippen molar-refractivity contribution < 1.29 is 29.1 Å². The SMILES string of the molecule is O=C[C@H](CC(=O)O)NC(=O)CN1C(=O)[C@@H](NC(=O)c2nccc3ccccc23)CSc2ccccc21. The number of carboxylic acid groups (broad SMARTS) is 1. The van der Waals surface area contributed by atoms with Gasteiger partial charge in [0.15, 0.2) is 0 Å². The third-order valence-corrected chi connectivity index (χ3v) is 6.68. The molecule has 2 aromatic carbocycles. The van der Waals surface area contributed by atoms with E-state index >= 15 is 0 Å². The van der Waals surface area contributed by atoms with E-state index in [9.17, 15) is 24.0 Å². The second-order valence-electron chi connectivity index (χ2n) is 8.02. The number of hydrogen-bond donors (Lipinski definition) is 3. The van der Waals surface area contributed by atoms with Crippen LogP contribution in [-0.2, 0) is 19.2 Å². The van der Waals surface area contributed by atoms with Crippen molar-refractivity contribution in [1.82, 2.24) is 15.6 Å². The van der Waals surface area contributed by atoms with Crippen molar-refractivity contribution in [3.05, 3.63) is 66.5 Å². The van der Waals surface area contributed by atoms with Gasteiger partial charge in [-0.05, 0) is 23.6 Å². The number of anilines is 1. The predicted octanol–water partition coefficient (Wildman–Crippen LogP) is 1.63. The van der Waals surface area contributed by atoms with Gasteiger partial charge < -0.3 is 25.4 Å². The summed E-state index contributed by atoms with van der Waals surface area (Å²) < 4.78 is 0. The maximum Gasteiger partial charge on any atom is 0.305 e. The van der Waals surface area contributed by atoms with Crippen LogP contribution in [0.1, 0.15) is 16.9 Å². The molecule has 1 aromatic heterocycles. The van der Waals surface area contributed by atoms with E-state index < -0.39 is 48.7 Å². The molecular formula is C25H22N4O6S. The van der Waals surface area contributed by atoms with Crippen LogP contribution >= 0.6 is 11.8 Å². The number of hydrogen-bond acceptors (Lipinski definition) is 7. The lowest BCUT2D eigenvalue weighted by atomic mass is 10.1. The van der Waals surface area contributed by atoms with Gasteiger partial charge in [-0.25, -0.2) is 0 Å². The van der Waals surface area contributed by atoms with E-state index in [1.54, 1.807) is 42.5 Å². The molecule has 36 heavy (non-hydrogen) atoms. The Labute approximate surface area is 210 Å². The number of carbonyl (C=O) groups excluding carboxylic acids is 4. The maximum absolute atomic E-state index is 13.5. The monoisotopic (exact) mass is 506 g/mol. The summed E-state index contributed by atoms with van der Waals surface area (Å²) in [5.41, 5.74) is 0.656. The highest BCUT2D eigenvalue weighted by atomic mass is 32.2. The fourth-order valence-corrected chi connectivity index (χ4v) is 4.94. The molecule has 0 radical (unpaired) electrons. The van der Waals surface area contributed by atoms with Gasteiger partial charge >= 0.3 is 5.97 Å². The predicted molar refractivity (Wildman–Crippen MR) is 133 cm³/mol. The third-order valence-electron chi connectivity index (χ3n) is 5.53. The average molecular weight is 507 g/mol. The van der Waals surface area contributed by atoms with Gasteiger partial charge in [0, 0.05) is 22.2 Å². The lowest BCUT2D eigenvalue weighted by Crippen LogP contribution is -2.52. The Morgan fingerprint density at radius 2 is 1.89 bits per heavy atom. The zero-order valence-corrected chi connectivity index (χ0v) is 19.7. The molecule has 0 unspecified atom stereocenters. The van der Waals surface area contributed by atoms with Crippen LogP contribution in [0.3, 0.4) is 0 Å². The smallest absolute Gasteiger partial charge is 0.305 e. The van der Waals surface area contributed by atoms with E-state index in [-0.39, 0.29) is 11.4 Å². The number of amides is 3. The Morgan fingerprint density at radius 1 is 1.14 bits per heavy atom. The average Bonchev–Trinajstić information content (AvgIpc) is 3.00. The molecule has 0 aliphatic carbocycles. The maximum atomic E-state index is 13.5. The van der Waals surface area contributed by atoms with Gasteiger partial charge in [0.1, 0.15) is 24.6 Å². The quantitative estimate of drug-likeness (QED) is 0.391. The molecule has 3 aromatic rings. The molecular weight excluding hydrogens is 484 g/mol. The molecule has 0 saturated heterocycles. The molecule has 1 aliphatic heterocycles. The largest absolute Gasteiger partial charge is 0.481 e. The number of carbonyl (C=O) groups is 5. The minimum Gasteiger partial charge on any atom is -0.481 e. The number of nitrogens with one attached hydrogen (secondary N) is 2. The van der Waals surface area contributed by atoms with Crippen molar-refractivity contribution in [3.63, 3.8) is 0 Å². The number of benzene rings is 2. The Morgan fingerprint density at radius 3 is 2.67 bits per heavy atom. The summed E-state index contributed by atoms with van der Waals surface area (Å²) in [5, 5.41) is 15.5. The van der Waals surface area contributed by atoms with Gasteiger partial charge in [-0.1, -0.05) is 36.4 Å². The van der Waals surface area contributed by atoms with Gasteiger partial charge in [0.05, 0.1) is 18.2 Å². The van der Waals surface area contributed by atoms with E-state index in [2.05, 4.69) is 15.6 Å². The van der Waals surface area contributed by atoms with Crippen LogP contribution in [0.5, 0.6) is 0 Å². The number of aliphatic carboxylic acids is 1. The number of aldehydes is 1. The van der Waals surface area contributed by atoms with Crippen molar-refractivity contribution in [2.45, 2.75) is 23.4 Å². The topological polar surface area (TPSA) is 146 Å². The lowest BCUT2D eigenvalue weighted by Gasteiger charge is -2.26. The fraction of sp³-hybridized carbons (Fsp3) is 0.200. The minimum atomic E-state index is -1.25. The zero-order valence-electron chi connectivity index (χ0n) is 18.9. The number of carboxylic acids is 1.